The third-order valence-electron chi connectivity index (χ3n) is 2.45. The predicted molar refractivity (Wildman–Crippen MR) is 47.7 cm³/mol. The van der Waals surface area contributed by atoms with E-state index in [9.17, 15) is 0 Å². The summed E-state index contributed by atoms with van der Waals surface area (Å²) in [6, 6.07) is 0. The Morgan fingerprint density at radius 3 is 0.889 bits per heavy atom. The van der Waals surface area contributed by atoms with Crippen LogP contribution < -0.4 is 0 Å². The Bertz CT molecular complexity index is 47.5. The monoisotopic (exact) mass is 246 g/mol. The molecule has 0 rings (SSSR count). The molecule has 0 aromatic carbocycles. The fourth-order valence-electron chi connectivity index (χ4n) is 1.22. The van der Waals surface area contributed by atoms with Crippen LogP contribution >= 0.6 is 0 Å². The quantitative estimate of drug-likeness (QED) is 0.663. The molecule has 0 N–H and O–H groups in total. The van der Waals surface area contributed by atoms with Gasteiger partial charge in [-0.05, 0) is 0 Å². The first-order chi connectivity index (χ1) is 4.24. The van der Waals surface area contributed by atoms with Crippen molar-refractivity contribution >= 4 is 18.2 Å². The zero-order valence-corrected chi connectivity index (χ0v) is 9.57. The molecule has 0 amide bonds. The van der Waals surface area contributed by atoms with Gasteiger partial charge < -0.3 is 0 Å². The molecule has 0 nitrogen and oxygen atoms in total. The third kappa shape index (κ3) is 2.48. The molecule has 0 aliphatic carbocycles. The molecule has 0 fully saturated rings. The van der Waals surface area contributed by atoms with E-state index in [2.05, 4.69) is 27.7 Å². The average molecular weight is 244 g/mol. The molecule has 0 aromatic rings. The molecule has 0 radical (unpaired) electrons. The van der Waals surface area contributed by atoms with Gasteiger partial charge in [0.1, 0.15) is 0 Å². The first-order valence-electron chi connectivity index (χ1n) is 3.98. The Hall–Kier alpha value is 0.790. The van der Waals surface area contributed by atoms with Crippen molar-refractivity contribution in [2.45, 2.75) is 45.6 Å². The standard InChI is InChI=1S/C8H20Te/c1-5-9(6-2,7-3)8-4/h5-8H2,1-4H3. The molecule has 0 spiro atoms. The maximum absolute atomic E-state index is 2.39. The summed E-state index contributed by atoms with van der Waals surface area (Å²) in [4.78, 5) is 0. The Labute approximate surface area is 63.9 Å². The minimum absolute atomic E-state index is 1.19. The van der Waals surface area contributed by atoms with Gasteiger partial charge >= 0.3 is 63.7 Å². The summed E-state index contributed by atoms with van der Waals surface area (Å²) in [5.74, 6) is 0. The zero-order valence-electron chi connectivity index (χ0n) is 7.24. The Morgan fingerprint density at radius 2 is 0.889 bits per heavy atom. The summed E-state index contributed by atoms with van der Waals surface area (Å²) in [7, 11) is 0. The zero-order chi connectivity index (χ0) is 7.33. The van der Waals surface area contributed by atoms with E-state index in [-0.39, 0.29) is 0 Å². The van der Waals surface area contributed by atoms with Crippen molar-refractivity contribution in [3.63, 3.8) is 0 Å². The van der Waals surface area contributed by atoms with E-state index in [1.54, 1.807) is 0 Å². The van der Waals surface area contributed by atoms with E-state index in [0.717, 1.165) is 0 Å². The number of hydrogen-bond acceptors (Lipinski definition) is 0. The van der Waals surface area contributed by atoms with Crippen LogP contribution in [0.2, 0.25) is 17.9 Å². The summed E-state index contributed by atoms with van der Waals surface area (Å²) < 4.78 is 6.14. The van der Waals surface area contributed by atoms with Crippen molar-refractivity contribution in [1.29, 1.82) is 0 Å². The first-order valence-corrected chi connectivity index (χ1v) is 10.6. The normalized spacial score (nSPS) is 13.8. The fraction of sp³-hybridized carbons (Fsp3) is 1.00. The first kappa shape index (κ1) is 9.79. The molecule has 0 bridgehead atoms. The fourth-order valence-corrected chi connectivity index (χ4v) is 8.22. The number of rotatable bonds is 4. The minimum atomic E-state index is -1.19. The summed E-state index contributed by atoms with van der Waals surface area (Å²) >= 11 is -1.19. The summed E-state index contributed by atoms with van der Waals surface area (Å²) in [5.41, 5.74) is 0. The average Bonchev–Trinajstić information content (AvgIpc) is 1.95. The maximum atomic E-state index is 2.39. The van der Waals surface area contributed by atoms with Gasteiger partial charge in [-0.3, -0.25) is 0 Å². The van der Waals surface area contributed by atoms with E-state index in [1.165, 1.54) is 17.9 Å². The molecule has 0 unspecified atom stereocenters. The predicted octanol–water partition coefficient (Wildman–Crippen LogP) is 3.51. The Kier molecular flexibility index (Phi) is 4.98. The molecule has 0 aromatic heterocycles. The molecule has 0 saturated heterocycles. The van der Waals surface area contributed by atoms with Crippen molar-refractivity contribution < 1.29 is 0 Å². The van der Waals surface area contributed by atoms with Crippen LogP contribution in [0.1, 0.15) is 27.7 Å². The van der Waals surface area contributed by atoms with Crippen molar-refractivity contribution in [3.05, 3.63) is 0 Å². The van der Waals surface area contributed by atoms with Crippen molar-refractivity contribution in [2.75, 3.05) is 0 Å². The summed E-state index contributed by atoms with van der Waals surface area (Å²) in [5, 5.41) is 0. The molecular weight excluding hydrogens is 224 g/mol. The molecule has 0 aliphatic heterocycles. The molecular formula is C8H20Te. The van der Waals surface area contributed by atoms with E-state index >= 15 is 0 Å². The van der Waals surface area contributed by atoms with Crippen LogP contribution in [0, 0.1) is 0 Å². The SMILES string of the molecule is CC[Te](CC)(CC)CC. The van der Waals surface area contributed by atoms with E-state index in [0.29, 0.717) is 0 Å². The van der Waals surface area contributed by atoms with Gasteiger partial charge in [-0.25, -0.2) is 0 Å². The van der Waals surface area contributed by atoms with Crippen molar-refractivity contribution in [2.24, 2.45) is 0 Å². The second-order valence-electron chi connectivity index (χ2n) is 2.38. The number of hydrogen-bond donors (Lipinski definition) is 0. The van der Waals surface area contributed by atoms with Crippen LogP contribution in [0.4, 0.5) is 0 Å². The van der Waals surface area contributed by atoms with E-state index in [1.807, 2.05) is 0 Å². The van der Waals surface area contributed by atoms with Gasteiger partial charge in [0.2, 0.25) is 0 Å². The van der Waals surface area contributed by atoms with Crippen LogP contribution in [-0.4, -0.2) is 18.2 Å². The Morgan fingerprint density at radius 1 is 0.667 bits per heavy atom. The second-order valence-corrected chi connectivity index (χ2v) is 16.0. The van der Waals surface area contributed by atoms with Gasteiger partial charge in [0.05, 0.1) is 0 Å². The van der Waals surface area contributed by atoms with Gasteiger partial charge in [0, 0.05) is 0 Å². The topological polar surface area (TPSA) is 0 Å². The van der Waals surface area contributed by atoms with Gasteiger partial charge in [0.25, 0.3) is 0 Å². The van der Waals surface area contributed by atoms with Crippen LogP contribution in [0.15, 0.2) is 0 Å². The summed E-state index contributed by atoms with van der Waals surface area (Å²) in [6.45, 7) is 9.55. The molecule has 0 aliphatic rings. The molecule has 0 heterocycles. The van der Waals surface area contributed by atoms with Gasteiger partial charge in [-0.15, -0.1) is 0 Å². The third-order valence-corrected chi connectivity index (χ3v) is 16.4. The summed E-state index contributed by atoms with van der Waals surface area (Å²) in [6.07, 6.45) is 0. The Balaban J connectivity index is 3.82. The van der Waals surface area contributed by atoms with Crippen LogP contribution in [-0.2, 0) is 0 Å². The van der Waals surface area contributed by atoms with Gasteiger partial charge in [-0.1, -0.05) is 0 Å². The second kappa shape index (κ2) is 4.58. The van der Waals surface area contributed by atoms with Crippen LogP contribution in [0.3, 0.4) is 0 Å². The molecule has 9 heavy (non-hydrogen) atoms. The van der Waals surface area contributed by atoms with Crippen LogP contribution in [0.5, 0.6) is 0 Å². The molecule has 0 atom stereocenters. The van der Waals surface area contributed by atoms with Crippen molar-refractivity contribution in [1.82, 2.24) is 0 Å². The molecule has 1 heteroatoms. The molecule has 58 valence electrons. The van der Waals surface area contributed by atoms with Crippen LogP contribution in [0.25, 0.3) is 0 Å². The van der Waals surface area contributed by atoms with E-state index < -0.39 is 18.2 Å². The van der Waals surface area contributed by atoms with E-state index in [4.69, 9.17) is 0 Å². The van der Waals surface area contributed by atoms with Gasteiger partial charge in [-0.2, -0.15) is 0 Å². The molecule has 0 saturated carbocycles. The van der Waals surface area contributed by atoms with Crippen molar-refractivity contribution in [3.8, 4) is 0 Å². The van der Waals surface area contributed by atoms with Gasteiger partial charge in [0.15, 0.2) is 0 Å².